The third-order valence-corrected chi connectivity index (χ3v) is 2.91. The highest BCUT2D eigenvalue weighted by Gasteiger charge is 2.13. The third-order valence-electron chi connectivity index (χ3n) is 2.91. The Labute approximate surface area is 107 Å². The predicted octanol–water partition coefficient (Wildman–Crippen LogP) is 1.99. The molecule has 18 heavy (non-hydrogen) atoms. The molecule has 2 aromatic rings. The Hall–Kier alpha value is -1.75. The fraction of sp³-hybridized carbons (Fsp3) is 0.462. The van der Waals surface area contributed by atoms with Crippen molar-refractivity contribution in [3.8, 4) is 11.3 Å². The van der Waals surface area contributed by atoms with Crippen molar-refractivity contribution < 1.29 is 0 Å². The predicted molar refractivity (Wildman–Crippen MR) is 70.7 cm³/mol. The van der Waals surface area contributed by atoms with Gasteiger partial charge in [-0.05, 0) is 18.6 Å². The summed E-state index contributed by atoms with van der Waals surface area (Å²) in [7, 11) is 0. The maximum absolute atomic E-state index is 5.72. The average molecular weight is 245 g/mol. The van der Waals surface area contributed by atoms with Gasteiger partial charge in [0.1, 0.15) is 5.69 Å². The summed E-state index contributed by atoms with van der Waals surface area (Å²) in [5, 5.41) is 8.34. The number of hydrogen-bond acceptors (Lipinski definition) is 4. The molecule has 0 saturated heterocycles. The van der Waals surface area contributed by atoms with E-state index in [0.29, 0.717) is 6.54 Å². The van der Waals surface area contributed by atoms with Gasteiger partial charge in [-0.1, -0.05) is 25.0 Å². The van der Waals surface area contributed by atoms with Crippen molar-refractivity contribution in [1.82, 2.24) is 20.0 Å². The summed E-state index contributed by atoms with van der Waals surface area (Å²) in [6.45, 7) is 3.47. The lowest BCUT2D eigenvalue weighted by Crippen LogP contribution is -2.05. The van der Waals surface area contributed by atoms with Crippen molar-refractivity contribution in [2.75, 3.05) is 0 Å². The van der Waals surface area contributed by atoms with Crippen LogP contribution in [0.3, 0.4) is 0 Å². The molecular weight excluding hydrogens is 226 g/mol. The maximum Gasteiger partial charge on any atom is 0.104 e. The molecule has 2 aromatic heterocycles. The van der Waals surface area contributed by atoms with E-state index in [9.17, 15) is 0 Å². The molecule has 0 spiro atoms. The summed E-state index contributed by atoms with van der Waals surface area (Å²) >= 11 is 0. The average Bonchev–Trinajstić information content (AvgIpc) is 2.83. The van der Waals surface area contributed by atoms with Gasteiger partial charge >= 0.3 is 0 Å². The lowest BCUT2D eigenvalue weighted by Gasteiger charge is -2.07. The second kappa shape index (κ2) is 6.26. The Balaban J connectivity index is 2.28. The molecule has 0 bridgehead atoms. The van der Waals surface area contributed by atoms with Crippen LogP contribution in [-0.2, 0) is 13.1 Å². The number of rotatable bonds is 6. The van der Waals surface area contributed by atoms with Crippen LogP contribution in [-0.4, -0.2) is 20.0 Å². The second-order valence-electron chi connectivity index (χ2n) is 4.26. The molecule has 2 N–H and O–H groups in total. The fourth-order valence-corrected chi connectivity index (χ4v) is 1.97. The Morgan fingerprint density at radius 1 is 1.33 bits per heavy atom. The van der Waals surface area contributed by atoms with Gasteiger partial charge in [-0.3, -0.25) is 4.98 Å². The van der Waals surface area contributed by atoms with Crippen LogP contribution in [0, 0.1) is 0 Å². The summed E-state index contributed by atoms with van der Waals surface area (Å²) in [5.74, 6) is 0. The molecule has 0 aliphatic carbocycles. The van der Waals surface area contributed by atoms with Crippen LogP contribution in [0.25, 0.3) is 11.3 Å². The van der Waals surface area contributed by atoms with E-state index in [4.69, 9.17) is 5.73 Å². The molecular formula is C13H19N5. The molecule has 5 heteroatoms. The van der Waals surface area contributed by atoms with Gasteiger partial charge in [0, 0.05) is 31.0 Å². The van der Waals surface area contributed by atoms with Crippen LogP contribution in [0.15, 0.2) is 24.5 Å². The van der Waals surface area contributed by atoms with E-state index < -0.39 is 0 Å². The first kappa shape index (κ1) is 12.7. The van der Waals surface area contributed by atoms with Crippen molar-refractivity contribution >= 4 is 0 Å². The van der Waals surface area contributed by atoms with E-state index in [0.717, 1.165) is 29.9 Å². The number of hydrogen-bond donors (Lipinski definition) is 1. The van der Waals surface area contributed by atoms with E-state index in [-0.39, 0.29) is 0 Å². The summed E-state index contributed by atoms with van der Waals surface area (Å²) in [6.07, 6.45) is 7.09. The largest absolute Gasteiger partial charge is 0.325 e. The number of aromatic nitrogens is 4. The first-order chi connectivity index (χ1) is 8.86. The Bertz CT molecular complexity index is 477. The summed E-state index contributed by atoms with van der Waals surface area (Å²) < 4.78 is 1.94. The van der Waals surface area contributed by atoms with Crippen molar-refractivity contribution in [2.24, 2.45) is 5.73 Å². The van der Waals surface area contributed by atoms with E-state index in [1.807, 2.05) is 23.0 Å². The number of nitrogens with zero attached hydrogens (tertiary/aromatic N) is 4. The van der Waals surface area contributed by atoms with Gasteiger partial charge in [-0.2, -0.15) is 0 Å². The van der Waals surface area contributed by atoms with Gasteiger partial charge in [0.2, 0.25) is 0 Å². The molecule has 0 aliphatic heterocycles. The molecule has 0 saturated carbocycles. The van der Waals surface area contributed by atoms with E-state index in [2.05, 4.69) is 22.2 Å². The highest BCUT2D eigenvalue weighted by atomic mass is 15.4. The SMILES string of the molecule is CCCCCn1nnc(CN)c1-c1cccnc1. The molecule has 96 valence electrons. The minimum atomic E-state index is 0.401. The Kier molecular flexibility index (Phi) is 4.41. The van der Waals surface area contributed by atoms with Gasteiger partial charge in [0.05, 0.1) is 5.69 Å². The number of pyridine rings is 1. The number of nitrogens with two attached hydrogens (primary N) is 1. The molecule has 0 aliphatic rings. The smallest absolute Gasteiger partial charge is 0.104 e. The molecule has 0 amide bonds. The first-order valence-electron chi connectivity index (χ1n) is 6.39. The van der Waals surface area contributed by atoms with E-state index in [1.165, 1.54) is 12.8 Å². The van der Waals surface area contributed by atoms with Crippen molar-refractivity contribution in [3.05, 3.63) is 30.2 Å². The van der Waals surface area contributed by atoms with Crippen LogP contribution < -0.4 is 5.73 Å². The van der Waals surface area contributed by atoms with E-state index >= 15 is 0 Å². The molecule has 0 aromatic carbocycles. The topological polar surface area (TPSA) is 69.6 Å². The normalized spacial score (nSPS) is 10.8. The molecule has 2 heterocycles. The summed E-state index contributed by atoms with van der Waals surface area (Å²) in [5.41, 5.74) is 8.58. The van der Waals surface area contributed by atoms with Crippen molar-refractivity contribution in [3.63, 3.8) is 0 Å². The number of aryl methyl sites for hydroxylation is 1. The maximum atomic E-state index is 5.72. The van der Waals surface area contributed by atoms with Gasteiger partial charge in [0.25, 0.3) is 0 Å². The monoisotopic (exact) mass is 245 g/mol. The second-order valence-corrected chi connectivity index (χ2v) is 4.26. The van der Waals surface area contributed by atoms with Gasteiger partial charge in [-0.25, -0.2) is 4.68 Å². The molecule has 0 radical (unpaired) electrons. The molecule has 0 atom stereocenters. The van der Waals surface area contributed by atoms with E-state index in [1.54, 1.807) is 6.20 Å². The Morgan fingerprint density at radius 2 is 2.22 bits per heavy atom. The molecule has 0 fully saturated rings. The van der Waals surface area contributed by atoms with Crippen LogP contribution in [0.4, 0.5) is 0 Å². The lowest BCUT2D eigenvalue weighted by atomic mass is 10.1. The van der Waals surface area contributed by atoms with Crippen molar-refractivity contribution in [2.45, 2.75) is 39.3 Å². The standard InChI is InChI=1S/C13H19N5/c1-2-3-4-8-18-13(12(9-14)16-17-18)11-6-5-7-15-10-11/h5-7,10H,2-4,8-9,14H2,1H3. The van der Waals surface area contributed by atoms with Crippen LogP contribution in [0.5, 0.6) is 0 Å². The zero-order valence-corrected chi connectivity index (χ0v) is 10.7. The first-order valence-corrected chi connectivity index (χ1v) is 6.39. The van der Waals surface area contributed by atoms with Crippen molar-refractivity contribution in [1.29, 1.82) is 0 Å². The lowest BCUT2D eigenvalue weighted by molar-refractivity contribution is 0.541. The Morgan fingerprint density at radius 3 is 2.89 bits per heavy atom. The zero-order valence-electron chi connectivity index (χ0n) is 10.7. The molecule has 0 unspecified atom stereocenters. The van der Waals surface area contributed by atoms with Crippen LogP contribution >= 0.6 is 0 Å². The summed E-state index contributed by atoms with van der Waals surface area (Å²) in [6, 6.07) is 3.93. The quantitative estimate of drug-likeness (QED) is 0.790. The van der Waals surface area contributed by atoms with Crippen LogP contribution in [0.2, 0.25) is 0 Å². The minimum Gasteiger partial charge on any atom is -0.325 e. The zero-order chi connectivity index (χ0) is 12.8. The highest BCUT2D eigenvalue weighted by Crippen LogP contribution is 2.21. The van der Waals surface area contributed by atoms with Gasteiger partial charge in [0.15, 0.2) is 0 Å². The molecule has 2 rings (SSSR count). The molecule has 5 nitrogen and oxygen atoms in total. The highest BCUT2D eigenvalue weighted by molar-refractivity contribution is 5.60. The number of unbranched alkanes of at least 4 members (excludes halogenated alkanes) is 2. The van der Waals surface area contributed by atoms with Gasteiger partial charge < -0.3 is 5.73 Å². The third kappa shape index (κ3) is 2.73. The summed E-state index contributed by atoms with van der Waals surface area (Å²) in [4.78, 5) is 4.14. The minimum absolute atomic E-state index is 0.401. The van der Waals surface area contributed by atoms with Gasteiger partial charge in [-0.15, -0.1) is 5.10 Å². The fourth-order valence-electron chi connectivity index (χ4n) is 1.97. The van der Waals surface area contributed by atoms with Crippen LogP contribution in [0.1, 0.15) is 31.9 Å².